The molecule has 0 radical (unpaired) electrons. The number of hydrogen-bond acceptors (Lipinski definition) is 3. The number of para-hydroxylation sites is 1. The number of nitrogens with two attached hydrogens (primary N) is 1. The Hall–Kier alpha value is -1.71. The molecule has 0 heterocycles. The predicted molar refractivity (Wildman–Crippen MR) is 71.7 cm³/mol. The van der Waals surface area contributed by atoms with Crippen molar-refractivity contribution in [2.75, 3.05) is 12.8 Å². The fraction of sp³-hybridized carbons (Fsp3) is 0.500. The number of nitrogens with one attached hydrogen (secondary N) is 1. The lowest BCUT2D eigenvalue weighted by Gasteiger charge is -2.11. The molecule has 1 saturated carbocycles. The molecule has 0 spiro atoms. The van der Waals surface area contributed by atoms with Crippen LogP contribution < -0.4 is 15.8 Å². The zero-order valence-electron chi connectivity index (χ0n) is 10.9. The maximum Gasteiger partial charge on any atom is 0.255 e. The van der Waals surface area contributed by atoms with Crippen LogP contribution in [0.5, 0.6) is 5.75 Å². The van der Waals surface area contributed by atoms with Crippen molar-refractivity contribution in [3.8, 4) is 5.75 Å². The zero-order chi connectivity index (χ0) is 13.1. The van der Waals surface area contributed by atoms with Gasteiger partial charge in [0.05, 0.1) is 18.4 Å². The Balaban J connectivity index is 2.04. The molecule has 1 aromatic carbocycles. The minimum atomic E-state index is -0.0947. The van der Waals surface area contributed by atoms with Gasteiger partial charge in [0.2, 0.25) is 0 Å². The number of carbonyl (C=O) groups excluding carboxylic acids is 1. The summed E-state index contributed by atoms with van der Waals surface area (Å²) in [4.78, 5) is 12.1. The van der Waals surface area contributed by atoms with Crippen LogP contribution in [0.1, 0.15) is 36.5 Å². The van der Waals surface area contributed by atoms with Crippen LogP contribution in [0.25, 0.3) is 0 Å². The third kappa shape index (κ3) is 2.58. The first-order valence-electron chi connectivity index (χ1n) is 6.40. The molecule has 4 heteroatoms. The normalized spacial score (nSPS) is 21.4. The Labute approximate surface area is 108 Å². The van der Waals surface area contributed by atoms with E-state index in [4.69, 9.17) is 10.5 Å². The van der Waals surface area contributed by atoms with Crippen molar-refractivity contribution >= 4 is 11.6 Å². The van der Waals surface area contributed by atoms with Crippen LogP contribution in [0.4, 0.5) is 5.69 Å². The average molecular weight is 248 g/mol. The summed E-state index contributed by atoms with van der Waals surface area (Å²) in [6, 6.07) is 5.56. The first kappa shape index (κ1) is 12.7. The van der Waals surface area contributed by atoms with E-state index in [0.29, 0.717) is 29.0 Å². The Morgan fingerprint density at radius 2 is 2.33 bits per heavy atom. The van der Waals surface area contributed by atoms with Crippen molar-refractivity contribution < 1.29 is 9.53 Å². The molecular formula is C14H20N2O2. The largest absolute Gasteiger partial charge is 0.494 e. The lowest BCUT2D eigenvalue weighted by atomic mass is 10.1. The highest BCUT2D eigenvalue weighted by Crippen LogP contribution is 2.35. The second-order valence-electron chi connectivity index (χ2n) is 4.79. The molecule has 1 fully saturated rings. The van der Waals surface area contributed by atoms with E-state index < -0.39 is 0 Å². The Morgan fingerprint density at radius 1 is 1.56 bits per heavy atom. The highest BCUT2D eigenvalue weighted by atomic mass is 16.5. The van der Waals surface area contributed by atoms with E-state index in [2.05, 4.69) is 12.2 Å². The quantitative estimate of drug-likeness (QED) is 0.785. The summed E-state index contributed by atoms with van der Waals surface area (Å²) in [5.41, 5.74) is 6.79. The predicted octanol–water partition coefficient (Wildman–Crippen LogP) is 2.20. The molecule has 18 heavy (non-hydrogen) atoms. The lowest BCUT2D eigenvalue weighted by molar-refractivity contribution is 0.0946. The molecule has 1 amide bonds. The van der Waals surface area contributed by atoms with Crippen LogP contribution in [0.3, 0.4) is 0 Å². The van der Waals surface area contributed by atoms with Gasteiger partial charge in [0.15, 0.2) is 5.75 Å². The highest BCUT2D eigenvalue weighted by Gasteiger charge is 2.37. The topological polar surface area (TPSA) is 64.4 Å². The maximum atomic E-state index is 12.1. The third-order valence-electron chi connectivity index (χ3n) is 3.39. The number of methoxy groups -OCH3 is 1. The summed E-state index contributed by atoms with van der Waals surface area (Å²) in [7, 11) is 1.53. The van der Waals surface area contributed by atoms with E-state index in [9.17, 15) is 4.79 Å². The summed E-state index contributed by atoms with van der Waals surface area (Å²) in [5.74, 6) is 1.01. The SMILES string of the molecule is CCCC1CC1NC(=O)c1cccc(N)c1OC. The number of hydrogen-bond donors (Lipinski definition) is 2. The van der Waals surface area contributed by atoms with Gasteiger partial charge in [-0.3, -0.25) is 4.79 Å². The first-order valence-corrected chi connectivity index (χ1v) is 6.40. The van der Waals surface area contributed by atoms with Crippen molar-refractivity contribution in [2.24, 2.45) is 5.92 Å². The van der Waals surface area contributed by atoms with E-state index in [1.165, 1.54) is 20.0 Å². The van der Waals surface area contributed by atoms with Crippen molar-refractivity contribution in [2.45, 2.75) is 32.2 Å². The summed E-state index contributed by atoms with van der Waals surface area (Å²) >= 11 is 0. The third-order valence-corrected chi connectivity index (χ3v) is 3.39. The van der Waals surface area contributed by atoms with E-state index >= 15 is 0 Å². The Morgan fingerprint density at radius 3 is 3.00 bits per heavy atom. The van der Waals surface area contributed by atoms with Gasteiger partial charge < -0.3 is 15.8 Å². The number of amides is 1. The molecule has 0 aromatic heterocycles. The number of nitrogen functional groups attached to an aromatic ring is 1. The molecule has 1 aliphatic rings. The van der Waals surface area contributed by atoms with E-state index in [1.807, 2.05) is 0 Å². The number of ether oxygens (including phenoxy) is 1. The minimum Gasteiger partial charge on any atom is -0.494 e. The highest BCUT2D eigenvalue weighted by molar-refractivity contribution is 5.99. The van der Waals surface area contributed by atoms with Crippen molar-refractivity contribution in [3.05, 3.63) is 23.8 Å². The monoisotopic (exact) mass is 248 g/mol. The van der Waals surface area contributed by atoms with Crippen LogP contribution >= 0.6 is 0 Å². The molecule has 2 unspecified atom stereocenters. The summed E-state index contributed by atoms with van der Waals surface area (Å²) in [5, 5.41) is 3.03. The molecule has 0 saturated heterocycles. The summed E-state index contributed by atoms with van der Waals surface area (Å²) in [6.07, 6.45) is 3.43. The second kappa shape index (κ2) is 5.29. The molecule has 1 aliphatic carbocycles. The van der Waals surface area contributed by atoms with Gasteiger partial charge in [0, 0.05) is 6.04 Å². The molecule has 98 valence electrons. The van der Waals surface area contributed by atoms with Crippen LogP contribution in [0.15, 0.2) is 18.2 Å². The van der Waals surface area contributed by atoms with Gasteiger partial charge in [-0.15, -0.1) is 0 Å². The number of carbonyl (C=O) groups is 1. The second-order valence-corrected chi connectivity index (χ2v) is 4.79. The molecule has 0 bridgehead atoms. The molecule has 1 aromatic rings. The Bertz CT molecular complexity index is 445. The molecule has 2 atom stereocenters. The van der Waals surface area contributed by atoms with Crippen LogP contribution in [0.2, 0.25) is 0 Å². The van der Waals surface area contributed by atoms with Crippen LogP contribution in [0, 0.1) is 5.92 Å². The van der Waals surface area contributed by atoms with Crippen LogP contribution in [-0.2, 0) is 0 Å². The fourth-order valence-corrected chi connectivity index (χ4v) is 2.32. The lowest BCUT2D eigenvalue weighted by Crippen LogP contribution is -2.27. The first-order chi connectivity index (χ1) is 8.67. The van der Waals surface area contributed by atoms with Crippen molar-refractivity contribution in [1.82, 2.24) is 5.32 Å². The van der Waals surface area contributed by atoms with Crippen molar-refractivity contribution in [1.29, 1.82) is 0 Å². The zero-order valence-corrected chi connectivity index (χ0v) is 10.9. The maximum absolute atomic E-state index is 12.1. The number of benzene rings is 1. The van der Waals surface area contributed by atoms with Crippen LogP contribution in [-0.4, -0.2) is 19.1 Å². The van der Waals surface area contributed by atoms with Gasteiger partial charge in [-0.25, -0.2) is 0 Å². The van der Waals surface area contributed by atoms with Gasteiger partial charge in [0.1, 0.15) is 0 Å². The number of anilines is 1. The molecule has 0 aliphatic heterocycles. The van der Waals surface area contributed by atoms with Gasteiger partial charge in [-0.05, 0) is 30.9 Å². The average Bonchev–Trinajstić information content (AvgIpc) is 3.07. The molecule has 3 N–H and O–H groups in total. The van der Waals surface area contributed by atoms with E-state index in [-0.39, 0.29) is 5.91 Å². The molecule has 4 nitrogen and oxygen atoms in total. The van der Waals surface area contributed by atoms with Gasteiger partial charge in [0.25, 0.3) is 5.91 Å². The van der Waals surface area contributed by atoms with Gasteiger partial charge >= 0.3 is 0 Å². The smallest absolute Gasteiger partial charge is 0.255 e. The fourth-order valence-electron chi connectivity index (χ4n) is 2.32. The van der Waals surface area contributed by atoms with Crippen molar-refractivity contribution in [3.63, 3.8) is 0 Å². The van der Waals surface area contributed by atoms with E-state index in [1.54, 1.807) is 18.2 Å². The van der Waals surface area contributed by atoms with Gasteiger partial charge in [-0.1, -0.05) is 19.4 Å². The molecule has 2 rings (SSSR count). The minimum absolute atomic E-state index is 0.0947. The van der Waals surface area contributed by atoms with E-state index in [0.717, 1.165) is 6.42 Å². The Kier molecular flexibility index (Phi) is 3.75. The number of rotatable bonds is 5. The summed E-state index contributed by atoms with van der Waals surface area (Å²) in [6.45, 7) is 2.16. The van der Waals surface area contributed by atoms with Gasteiger partial charge in [-0.2, -0.15) is 0 Å². The summed E-state index contributed by atoms with van der Waals surface area (Å²) < 4.78 is 5.19. The molecular weight excluding hydrogens is 228 g/mol. The standard InChI is InChI=1S/C14H20N2O2/c1-3-5-9-8-12(9)16-14(17)10-6-4-7-11(15)13(10)18-2/h4,6-7,9,12H,3,5,8,15H2,1-2H3,(H,16,17).